The molecule has 0 bridgehead atoms. The predicted molar refractivity (Wildman–Crippen MR) is 74.4 cm³/mol. The van der Waals surface area contributed by atoms with E-state index in [1.165, 1.54) is 0 Å². The van der Waals surface area contributed by atoms with Crippen LogP contribution in [-0.2, 0) is 0 Å². The summed E-state index contributed by atoms with van der Waals surface area (Å²) in [5.74, 6) is 1.70. The molecule has 0 saturated carbocycles. The minimum Gasteiger partial charge on any atom is -0.497 e. The van der Waals surface area contributed by atoms with Crippen molar-refractivity contribution in [1.82, 2.24) is 5.32 Å². The Morgan fingerprint density at radius 1 is 1.18 bits per heavy atom. The van der Waals surface area contributed by atoms with Crippen LogP contribution in [-0.4, -0.2) is 31.6 Å². The van der Waals surface area contributed by atoms with Gasteiger partial charge in [0, 0.05) is 17.8 Å². The second kappa shape index (κ2) is 6.77. The van der Waals surface area contributed by atoms with Gasteiger partial charge in [-0.1, -0.05) is 0 Å². The van der Waals surface area contributed by atoms with Crippen LogP contribution in [0.15, 0.2) is 24.3 Å². The molecule has 0 aliphatic carbocycles. The Bertz CT molecular complexity index is 319. The number of methoxy groups -OCH3 is 1. The van der Waals surface area contributed by atoms with Crippen molar-refractivity contribution in [3.63, 3.8) is 0 Å². The fourth-order valence-electron chi connectivity index (χ4n) is 1.31. The first-order valence-corrected chi connectivity index (χ1v) is 6.16. The van der Waals surface area contributed by atoms with Gasteiger partial charge in [-0.15, -0.1) is 0 Å². The fraction of sp³-hybridized carbons (Fsp3) is 0.538. The molecule has 3 nitrogen and oxygen atoms in total. The molecule has 0 radical (unpaired) electrons. The van der Waals surface area contributed by atoms with E-state index in [9.17, 15) is 0 Å². The van der Waals surface area contributed by atoms with Gasteiger partial charge in [-0.3, -0.25) is 0 Å². The average molecular weight is 255 g/mol. The number of rotatable bonds is 7. The summed E-state index contributed by atoms with van der Waals surface area (Å²) in [6, 6.07) is 7.59. The van der Waals surface area contributed by atoms with E-state index < -0.39 is 0 Å². The molecule has 0 aliphatic heterocycles. The lowest BCUT2D eigenvalue weighted by Crippen LogP contribution is -2.32. The summed E-state index contributed by atoms with van der Waals surface area (Å²) < 4.78 is 10.7. The summed E-state index contributed by atoms with van der Waals surface area (Å²) in [6.45, 7) is 6.48. The van der Waals surface area contributed by atoms with Crippen molar-refractivity contribution >= 4 is 12.6 Å². The van der Waals surface area contributed by atoms with Gasteiger partial charge in [-0.25, -0.2) is 0 Å². The van der Waals surface area contributed by atoms with E-state index >= 15 is 0 Å². The molecule has 17 heavy (non-hydrogen) atoms. The van der Waals surface area contributed by atoms with Crippen LogP contribution < -0.4 is 14.8 Å². The Kier molecular flexibility index (Phi) is 5.65. The molecule has 1 N–H and O–H groups in total. The number of nitrogens with one attached hydrogen (secondary N) is 1. The molecule has 0 atom stereocenters. The Labute approximate surface area is 109 Å². The maximum absolute atomic E-state index is 5.58. The van der Waals surface area contributed by atoms with Crippen LogP contribution in [0.2, 0.25) is 0 Å². The van der Waals surface area contributed by atoms with Crippen molar-refractivity contribution in [1.29, 1.82) is 0 Å². The first kappa shape index (κ1) is 14.2. The monoisotopic (exact) mass is 255 g/mol. The molecule has 96 valence electrons. The van der Waals surface area contributed by atoms with E-state index in [0.29, 0.717) is 6.61 Å². The van der Waals surface area contributed by atoms with Crippen LogP contribution >= 0.6 is 12.6 Å². The normalized spacial score (nSPS) is 11.3. The van der Waals surface area contributed by atoms with Gasteiger partial charge in [-0.2, -0.15) is 12.6 Å². The summed E-state index contributed by atoms with van der Waals surface area (Å²) in [5.41, 5.74) is 0. The molecule has 0 unspecified atom stereocenters. The van der Waals surface area contributed by atoms with E-state index in [1.807, 2.05) is 24.3 Å². The highest BCUT2D eigenvalue weighted by atomic mass is 32.1. The number of benzene rings is 1. The van der Waals surface area contributed by atoms with Gasteiger partial charge in [0.05, 0.1) is 7.11 Å². The summed E-state index contributed by atoms with van der Waals surface area (Å²) in [5, 5.41) is 3.29. The summed E-state index contributed by atoms with van der Waals surface area (Å²) in [6.07, 6.45) is 0. The molecule has 0 fully saturated rings. The first-order valence-electron chi connectivity index (χ1n) is 5.71. The molecule has 0 amide bonds. The molecule has 1 aromatic rings. The van der Waals surface area contributed by atoms with Crippen LogP contribution in [0.5, 0.6) is 11.5 Å². The van der Waals surface area contributed by atoms with E-state index in [1.54, 1.807) is 7.11 Å². The van der Waals surface area contributed by atoms with Gasteiger partial charge in [0.15, 0.2) is 0 Å². The number of thiol groups is 1. The molecular formula is C13H21NO2S. The van der Waals surface area contributed by atoms with E-state index in [4.69, 9.17) is 9.47 Å². The smallest absolute Gasteiger partial charge is 0.119 e. The Hall–Kier alpha value is -0.870. The van der Waals surface area contributed by atoms with Crippen molar-refractivity contribution in [2.75, 3.05) is 26.8 Å². The Balaban J connectivity index is 2.18. The second-order valence-corrected chi connectivity index (χ2v) is 5.72. The second-order valence-electron chi connectivity index (χ2n) is 4.51. The minimum atomic E-state index is 0.0140. The summed E-state index contributed by atoms with van der Waals surface area (Å²) in [4.78, 5) is 0. The molecule has 1 aromatic carbocycles. The van der Waals surface area contributed by atoms with Crippen molar-refractivity contribution in [2.45, 2.75) is 18.6 Å². The van der Waals surface area contributed by atoms with E-state index in [-0.39, 0.29) is 4.75 Å². The van der Waals surface area contributed by atoms with Crippen molar-refractivity contribution in [3.8, 4) is 11.5 Å². The van der Waals surface area contributed by atoms with Gasteiger partial charge >= 0.3 is 0 Å². The maximum Gasteiger partial charge on any atom is 0.119 e. The molecule has 0 spiro atoms. The highest BCUT2D eigenvalue weighted by Crippen LogP contribution is 2.16. The molecule has 0 heterocycles. The lowest BCUT2D eigenvalue weighted by molar-refractivity contribution is 0.311. The highest BCUT2D eigenvalue weighted by molar-refractivity contribution is 7.81. The third kappa shape index (κ3) is 6.44. The lowest BCUT2D eigenvalue weighted by atomic mass is 10.2. The van der Waals surface area contributed by atoms with Crippen LogP contribution in [0.3, 0.4) is 0 Å². The molecular weight excluding hydrogens is 234 g/mol. The van der Waals surface area contributed by atoms with Gasteiger partial charge in [-0.05, 0) is 38.1 Å². The van der Waals surface area contributed by atoms with Crippen molar-refractivity contribution in [2.24, 2.45) is 0 Å². The van der Waals surface area contributed by atoms with Gasteiger partial charge in [0.1, 0.15) is 18.1 Å². The number of hydrogen-bond acceptors (Lipinski definition) is 4. The molecule has 1 rings (SSSR count). The van der Waals surface area contributed by atoms with Crippen LogP contribution in [0.4, 0.5) is 0 Å². The molecule has 0 aliphatic rings. The van der Waals surface area contributed by atoms with Gasteiger partial charge < -0.3 is 14.8 Å². The highest BCUT2D eigenvalue weighted by Gasteiger charge is 2.09. The summed E-state index contributed by atoms with van der Waals surface area (Å²) >= 11 is 4.43. The molecule has 4 heteroatoms. The average Bonchev–Trinajstić information content (AvgIpc) is 2.28. The number of ether oxygens (including phenoxy) is 2. The van der Waals surface area contributed by atoms with Gasteiger partial charge in [0.25, 0.3) is 0 Å². The van der Waals surface area contributed by atoms with Crippen LogP contribution in [0.25, 0.3) is 0 Å². The molecule has 0 saturated heterocycles. The topological polar surface area (TPSA) is 30.5 Å². The predicted octanol–water partition coefficient (Wildman–Crippen LogP) is 2.37. The third-order valence-electron chi connectivity index (χ3n) is 2.16. The standard InChI is InChI=1S/C13H21NO2S/c1-13(2,17)10-14-8-9-16-12-6-4-11(15-3)5-7-12/h4-7,14,17H,8-10H2,1-3H3. The van der Waals surface area contributed by atoms with Crippen LogP contribution in [0, 0.1) is 0 Å². The SMILES string of the molecule is COc1ccc(OCCNCC(C)(C)S)cc1. The van der Waals surface area contributed by atoms with Crippen molar-refractivity contribution in [3.05, 3.63) is 24.3 Å². The summed E-state index contributed by atoms with van der Waals surface area (Å²) in [7, 11) is 1.65. The van der Waals surface area contributed by atoms with Crippen molar-refractivity contribution < 1.29 is 9.47 Å². The van der Waals surface area contributed by atoms with E-state index in [0.717, 1.165) is 24.6 Å². The quantitative estimate of drug-likeness (QED) is 0.579. The van der Waals surface area contributed by atoms with Gasteiger partial charge in [0.2, 0.25) is 0 Å². The molecule has 0 aromatic heterocycles. The zero-order valence-electron chi connectivity index (χ0n) is 10.7. The fourth-order valence-corrected chi connectivity index (χ4v) is 1.42. The zero-order chi connectivity index (χ0) is 12.7. The van der Waals surface area contributed by atoms with E-state index in [2.05, 4.69) is 31.8 Å². The van der Waals surface area contributed by atoms with Crippen LogP contribution in [0.1, 0.15) is 13.8 Å². The number of hydrogen-bond donors (Lipinski definition) is 2. The first-order chi connectivity index (χ1) is 8.01. The lowest BCUT2D eigenvalue weighted by Gasteiger charge is -2.17. The minimum absolute atomic E-state index is 0.0140. The maximum atomic E-state index is 5.58. The Morgan fingerprint density at radius 3 is 2.29 bits per heavy atom. The Morgan fingerprint density at radius 2 is 1.76 bits per heavy atom. The third-order valence-corrected chi connectivity index (χ3v) is 2.32. The zero-order valence-corrected chi connectivity index (χ0v) is 11.6. The largest absolute Gasteiger partial charge is 0.497 e.